The summed E-state index contributed by atoms with van der Waals surface area (Å²) in [6.07, 6.45) is 2.77. The van der Waals surface area contributed by atoms with Gasteiger partial charge in [0.2, 0.25) is 5.91 Å². The van der Waals surface area contributed by atoms with Crippen molar-refractivity contribution in [1.29, 1.82) is 0 Å². The molecule has 0 bridgehead atoms. The van der Waals surface area contributed by atoms with Gasteiger partial charge in [0.15, 0.2) is 5.78 Å². The highest BCUT2D eigenvalue weighted by molar-refractivity contribution is 6.17. The van der Waals surface area contributed by atoms with Crippen LogP contribution in [0.3, 0.4) is 0 Å². The van der Waals surface area contributed by atoms with Gasteiger partial charge in [-0.3, -0.25) is 24.1 Å². The van der Waals surface area contributed by atoms with Crippen molar-refractivity contribution < 1.29 is 19.2 Å². The van der Waals surface area contributed by atoms with Gasteiger partial charge < -0.3 is 4.90 Å². The van der Waals surface area contributed by atoms with Crippen molar-refractivity contribution >= 4 is 23.5 Å². The lowest BCUT2D eigenvalue weighted by Crippen LogP contribution is -2.45. The van der Waals surface area contributed by atoms with Crippen molar-refractivity contribution in [3.63, 3.8) is 0 Å². The third-order valence-corrected chi connectivity index (χ3v) is 5.86. The quantitative estimate of drug-likeness (QED) is 0.652. The Kier molecular flexibility index (Phi) is 6.42. The number of imide groups is 1. The number of amides is 3. The zero-order chi connectivity index (χ0) is 23.2. The van der Waals surface area contributed by atoms with Crippen LogP contribution >= 0.6 is 0 Å². The van der Waals surface area contributed by atoms with E-state index in [0.717, 1.165) is 0 Å². The van der Waals surface area contributed by atoms with Gasteiger partial charge in [0, 0.05) is 30.0 Å². The summed E-state index contributed by atoms with van der Waals surface area (Å²) < 4.78 is 0. The molecule has 1 saturated heterocycles. The highest BCUT2D eigenvalue weighted by atomic mass is 16.2. The molecule has 0 aromatic carbocycles. The molecule has 6 heteroatoms. The molecule has 2 atom stereocenters. The fraction of sp³-hybridized carbons (Fsp3) is 0.750. The lowest BCUT2D eigenvalue weighted by Gasteiger charge is -2.29. The normalized spacial score (nSPS) is 23.3. The highest BCUT2D eigenvalue weighted by Gasteiger charge is 2.49. The molecular formula is C24H38N2O4. The minimum absolute atomic E-state index is 0.00470. The minimum atomic E-state index is -0.615. The van der Waals surface area contributed by atoms with Crippen molar-refractivity contribution in [3.8, 4) is 0 Å². The molecule has 0 aromatic heterocycles. The number of ketones is 1. The highest BCUT2D eigenvalue weighted by Crippen LogP contribution is 2.36. The molecule has 3 amide bonds. The second-order valence-electron chi connectivity index (χ2n) is 11.9. The summed E-state index contributed by atoms with van der Waals surface area (Å²) in [6, 6.07) is -1.09. The van der Waals surface area contributed by atoms with Gasteiger partial charge in [0.05, 0.1) is 12.1 Å². The van der Waals surface area contributed by atoms with E-state index in [1.54, 1.807) is 4.90 Å². The zero-order valence-corrected chi connectivity index (χ0v) is 20.1. The fourth-order valence-electron chi connectivity index (χ4n) is 4.02. The van der Waals surface area contributed by atoms with Crippen LogP contribution in [-0.2, 0) is 19.2 Å². The summed E-state index contributed by atoms with van der Waals surface area (Å²) >= 11 is 0. The standard InChI is InChI=1S/C24H38N2O4/c1-22(2,3)11-10-18(27)25-14-15(12-17(25)20(29)24(7,8)9)26-19(28)13-16(21(26)30)23(4,5)6/h13,15,17H,10-12,14H2,1-9H3/t15-,17-/m0/s1. The Bertz CT molecular complexity index is 774. The van der Waals surface area contributed by atoms with Crippen LogP contribution in [0.15, 0.2) is 11.6 Å². The van der Waals surface area contributed by atoms with Gasteiger partial charge in [-0.1, -0.05) is 62.3 Å². The Morgan fingerprint density at radius 2 is 1.57 bits per heavy atom. The first-order valence-electron chi connectivity index (χ1n) is 10.9. The number of rotatable bonds is 4. The molecule has 2 aliphatic heterocycles. The maximum atomic E-state index is 13.1. The van der Waals surface area contributed by atoms with Crippen LogP contribution in [0, 0.1) is 16.2 Å². The third kappa shape index (κ3) is 5.19. The summed E-state index contributed by atoms with van der Waals surface area (Å²) in [4.78, 5) is 54.7. The van der Waals surface area contributed by atoms with E-state index >= 15 is 0 Å². The summed E-state index contributed by atoms with van der Waals surface area (Å²) in [5.74, 6) is -0.764. The average Bonchev–Trinajstić information content (AvgIpc) is 3.11. The maximum absolute atomic E-state index is 13.1. The van der Waals surface area contributed by atoms with Gasteiger partial charge in [0.1, 0.15) is 0 Å². The van der Waals surface area contributed by atoms with Gasteiger partial charge >= 0.3 is 0 Å². The Labute approximate surface area is 181 Å². The van der Waals surface area contributed by atoms with Gasteiger partial charge in [-0.15, -0.1) is 0 Å². The molecule has 1 fully saturated rings. The Morgan fingerprint density at radius 3 is 2.00 bits per heavy atom. The largest absolute Gasteiger partial charge is 0.330 e. The zero-order valence-electron chi connectivity index (χ0n) is 20.1. The van der Waals surface area contributed by atoms with Crippen molar-refractivity contribution in [3.05, 3.63) is 11.6 Å². The number of likely N-dealkylation sites (tertiary alicyclic amines) is 1. The summed E-state index contributed by atoms with van der Waals surface area (Å²) in [5, 5.41) is 0. The van der Waals surface area contributed by atoms with Gasteiger partial charge in [-0.2, -0.15) is 0 Å². The molecule has 0 aliphatic carbocycles. The molecule has 2 rings (SSSR count). The van der Waals surface area contributed by atoms with Gasteiger partial charge in [-0.05, 0) is 23.7 Å². The van der Waals surface area contributed by atoms with E-state index in [4.69, 9.17) is 0 Å². The Morgan fingerprint density at radius 1 is 1.00 bits per heavy atom. The van der Waals surface area contributed by atoms with Crippen LogP contribution in [0.25, 0.3) is 0 Å². The lowest BCUT2D eigenvalue weighted by molar-refractivity contribution is -0.142. The molecule has 2 aliphatic rings. The van der Waals surface area contributed by atoms with Gasteiger partial charge in [-0.25, -0.2) is 0 Å². The van der Waals surface area contributed by atoms with Crippen molar-refractivity contribution in [2.75, 3.05) is 6.54 Å². The predicted octanol–water partition coefficient (Wildman–Crippen LogP) is 3.74. The van der Waals surface area contributed by atoms with Crippen LogP contribution in [0.5, 0.6) is 0 Å². The second-order valence-corrected chi connectivity index (χ2v) is 11.9. The average molecular weight is 419 g/mol. The molecule has 0 unspecified atom stereocenters. The van der Waals surface area contributed by atoms with E-state index in [1.807, 2.05) is 41.5 Å². The summed E-state index contributed by atoms with van der Waals surface area (Å²) in [6.45, 7) is 17.7. The summed E-state index contributed by atoms with van der Waals surface area (Å²) in [5.41, 5.74) is -0.576. The molecule has 6 nitrogen and oxygen atoms in total. The number of hydrogen-bond acceptors (Lipinski definition) is 4. The van der Waals surface area contributed by atoms with Crippen LogP contribution < -0.4 is 0 Å². The molecule has 30 heavy (non-hydrogen) atoms. The Balaban J connectivity index is 2.28. The minimum Gasteiger partial charge on any atom is -0.330 e. The number of Topliss-reactive ketones (excluding diaryl/α,β-unsaturated/α-hetero) is 1. The monoisotopic (exact) mass is 418 g/mol. The Hall–Kier alpha value is -1.98. The molecule has 0 spiro atoms. The first kappa shape index (κ1) is 24.3. The lowest BCUT2D eigenvalue weighted by atomic mass is 9.84. The van der Waals surface area contributed by atoms with Gasteiger partial charge in [0.25, 0.3) is 11.8 Å². The van der Waals surface area contributed by atoms with Crippen LogP contribution in [0.4, 0.5) is 0 Å². The van der Waals surface area contributed by atoms with Crippen molar-refractivity contribution in [2.45, 2.75) is 93.7 Å². The van der Waals surface area contributed by atoms with E-state index in [1.165, 1.54) is 11.0 Å². The smallest absolute Gasteiger partial charge is 0.257 e. The SMILES string of the molecule is CC(C)(C)CCC(=O)N1C[C@@H](N2C(=O)C=C(C(C)(C)C)C2=O)C[C@H]1C(=O)C(C)(C)C. The topological polar surface area (TPSA) is 74.8 Å². The third-order valence-electron chi connectivity index (χ3n) is 5.86. The first-order chi connectivity index (χ1) is 13.4. The molecule has 0 radical (unpaired) electrons. The van der Waals surface area contributed by atoms with Crippen LogP contribution in [-0.4, -0.2) is 51.9 Å². The fourth-order valence-corrected chi connectivity index (χ4v) is 4.02. The van der Waals surface area contributed by atoms with Crippen molar-refractivity contribution in [2.24, 2.45) is 16.2 Å². The maximum Gasteiger partial charge on any atom is 0.257 e. The molecule has 2 heterocycles. The molecule has 0 saturated carbocycles. The molecule has 0 aromatic rings. The van der Waals surface area contributed by atoms with E-state index in [2.05, 4.69) is 20.8 Å². The molecule has 0 N–H and O–H groups in total. The molecular weight excluding hydrogens is 380 g/mol. The first-order valence-corrected chi connectivity index (χ1v) is 10.9. The van der Waals surface area contributed by atoms with Crippen molar-refractivity contribution in [1.82, 2.24) is 9.80 Å². The van der Waals surface area contributed by atoms with Crippen LogP contribution in [0.2, 0.25) is 0 Å². The van der Waals surface area contributed by atoms with E-state index in [-0.39, 0.29) is 35.5 Å². The predicted molar refractivity (Wildman–Crippen MR) is 116 cm³/mol. The number of hydrogen-bond donors (Lipinski definition) is 0. The summed E-state index contributed by atoms with van der Waals surface area (Å²) in [7, 11) is 0. The van der Waals surface area contributed by atoms with E-state index in [0.29, 0.717) is 24.8 Å². The number of carbonyl (C=O) groups excluding carboxylic acids is 4. The van der Waals surface area contributed by atoms with E-state index in [9.17, 15) is 19.2 Å². The number of nitrogens with zero attached hydrogens (tertiary/aromatic N) is 2. The van der Waals surface area contributed by atoms with E-state index < -0.39 is 22.9 Å². The number of carbonyl (C=O) groups is 4. The van der Waals surface area contributed by atoms with Crippen LogP contribution in [0.1, 0.15) is 81.6 Å². The molecule has 168 valence electrons. The second kappa shape index (κ2) is 7.93.